The van der Waals surface area contributed by atoms with E-state index in [1.807, 2.05) is 0 Å². The molecule has 0 bridgehead atoms. The summed E-state index contributed by atoms with van der Waals surface area (Å²) in [6.07, 6.45) is 2.97. The number of hydrogen-bond donors (Lipinski definition) is 0. The molecule has 0 aliphatic heterocycles. The van der Waals surface area contributed by atoms with Gasteiger partial charge in [-0.05, 0) is 17.7 Å². The highest BCUT2D eigenvalue weighted by atomic mass is 32.1. The Morgan fingerprint density at radius 2 is 2.25 bits per heavy atom. The maximum atomic E-state index is 12.2. The van der Waals surface area contributed by atoms with Crippen molar-refractivity contribution in [1.29, 1.82) is 0 Å². The Kier molecular flexibility index (Phi) is 2.99. The Bertz CT molecular complexity index is 855. The maximum Gasteiger partial charge on any atom is 0.324 e. The van der Waals surface area contributed by atoms with Crippen LogP contribution in [-0.2, 0) is 6.54 Å². The Balaban J connectivity index is 2.00. The first-order valence-electron chi connectivity index (χ1n) is 5.67. The molecule has 0 aliphatic carbocycles. The third-order valence-corrected chi connectivity index (χ3v) is 3.70. The smallest absolute Gasteiger partial charge is 0.294 e. The number of nitro groups is 1. The van der Waals surface area contributed by atoms with Gasteiger partial charge in [0.05, 0.1) is 16.9 Å². The third kappa shape index (κ3) is 2.16. The third-order valence-electron chi connectivity index (χ3n) is 2.77. The van der Waals surface area contributed by atoms with Gasteiger partial charge >= 0.3 is 5.00 Å². The summed E-state index contributed by atoms with van der Waals surface area (Å²) in [5.41, 5.74) is 0.885. The quantitative estimate of drug-likeness (QED) is 0.541. The second-order valence-electron chi connectivity index (χ2n) is 4.10. The van der Waals surface area contributed by atoms with Crippen molar-refractivity contribution in [2.45, 2.75) is 6.54 Å². The summed E-state index contributed by atoms with van der Waals surface area (Å²) in [5, 5.41) is 12.8. The molecule has 3 rings (SSSR count). The van der Waals surface area contributed by atoms with E-state index in [2.05, 4.69) is 9.97 Å². The Morgan fingerprint density at radius 1 is 1.40 bits per heavy atom. The van der Waals surface area contributed by atoms with E-state index in [4.69, 9.17) is 0 Å². The van der Waals surface area contributed by atoms with E-state index in [1.165, 1.54) is 17.0 Å². The second-order valence-corrected chi connectivity index (χ2v) is 4.99. The van der Waals surface area contributed by atoms with Crippen molar-refractivity contribution in [2.75, 3.05) is 0 Å². The lowest BCUT2D eigenvalue weighted by Gasteiger charge is -2.04. The average molecular weight is 288 g/mol. The largest absolute Gasteiger partial charge is 0.324 e. The number of thiophene rings is 1. The molecule has 0 saturated carbocycles. The van der Waals surface area contributed by atoms with Gasteiger partial charge < -0.3 is 0 Å². The van der Waals surface area contributed by atoms with Crippen molar-refractivity contribution in [3.8, 4) is 0 Å². The molecule has 0 amide bonds. The van der Waals surface area contributed by atoms with Gasteiger partial charge in [0, 0.05) is 17.6 Å². The molecule has 0 fully saturated rings. The van der Waals surface area contributed by atoms with Crippen LogP contribution in [-0.4, -0.2) is 19.5 Å². The molecule has 0 unspecified atom stereocenters. The zero-order chi connectivity index (χ0) is 14.1. The fourth-order valence-electron chi connectivity index (χ4n) is 1.85. The lowest BCUT2D eigenvalue weighted by Crippen LogP contribution is -2.21. The maximum absolute atomic E-state index is 12.2. The molecule has 0 radical (unpaired) electrons. The minimum absolute atomic E-state index is 0.0588. The van der Waals surface area contributed by atoms with Gasteiger partial charge in [0.2, 0.25) is 0 Å². The monoisotopic (exact) mass is 288 g/mol. The zero-order valence-corrected chi connectivity index (χ0v) is 10.9. The fourth-order valence-corrected chi connectivity index (χ4v) is 2.57. The molecule has 7 nitrogen and oxygen atoms in total. The van der Waals surface area contributed by atoms with Crippen LogP contribution in [0.1, 0.15) is 5.56 Å². The SMILES string of the molecule is O=c1c2cccnc2ncn1Cc1csc([N+](=O)[O-])c1. The lowest BCUT2D eigenvalue weighted by atomic mass is 10.3. The van der Waals surface area contributed by atoms with E-state index in [1.54, 1.807) is 23.7 Å². The van der Waals surface area contributed by atoms with E-state index in [9.17, 15) is 14.9 Å². The van der Waals surface area contributed by atoms with Crippen LogP contribution in [0.4, 0.5) is 5.00 Å². The molecular formula is C12H8N4O3S. The van der Waals surface area contributed by atoms with Crippen LogP contribution in [0, 0.1) is 10.1 Å². The summed E-state index contributed by atoms with van der Waals surface area (Å²) in [4.78, 5) is 30.5. The van der Waals surface area contributed by atoms with Gasteiger partial charge in [-0.25, -0.2) is 9.97 Å². The molecule has 0 N–H and O–H groups in total. The van der Waals surface area contributed by atoms with Crippen LogP contribution < -0.4 is 5.56 Å². The molecule has 3 aromatic heterocycles. The van der Waals surface area contributed by atoms with E-state index < -0.39 is 4.92 Å². The van der Waals surface area contributed by atoms with E-state index in [0.717, 1.165) is 11.3 Å². The first kappa shape index (κ1) is 12.4. The van der Waals surface area contributed by atoms with Crippen LogP contribution in [0.15, 0.2) is 40.9 Å². The number of rotatable bonds is 3. The lowest BCUT2D eigenvalue weighted by molar-refractivity contribution is -0.380. The number of aromatic nitrogens is 3. The normalized spacial score (nSPS) is 10.8. The molecule has 100 valence electrons. The van der Waals surface area contributed by atoms with E-state index in [0.29, 0.717) is 16.6 Å². The van der Waals surface area contributed by atoms with Gasteiger partial charge in [-0.2, -0.15) is 0 Å². The highest BCUT2D eigenvalue weighted by Gasteiger charge is 2.11. The summed E-state index contributed by atoms with van der Waals surface area (Å²) in [6, 6.07) is 4.79. The summed E-state index contributed by atoms with van der Waals surface area (Å²) >= 11 is 1.04. The number of nitrogens with zero attached hydrogens (tertiary/aromatic N) is 4. The molecule has 8 heteroatoms. The van der Waals surface area contributed by atoms with Crippen LogP contribution in [0.2, 0.25) is 0 Å². The predicted octanol–water partition coefficient (Wildman–Crippen LogP) is 1.81. The van der Waals surface area contributed by atoms with Crippen molar-refractivity contribution in [1.82, 2.24) is 14.5 Å². The Labute approximate surface area is 116 Å². The summed E-state index contributed by atoms with van der Waals surface area (Å²) in [7, 11) is 0. The van der Waals surface area contributed by atoms with Crippen LogP contribution in [0.5, 0.6) is 0 Å². The van der Waals surface area contributed by atoms with Gasteiger partial charge in [-0.15, -0.1) is 0 Å². The molecule has 0 saturated heterocycles. The molecule has 3 heterocycles. The van der Waals surface area contributed by atoms with Crippen LogP contribution in [0.25, 0.3) is 11.0 Å². The number of hydrogen-bond acceptors (Lipinski definition) is 6. The topological polar surface area (TPSA) is 90.9 Å². The summed E-state index contributed by atoms with van der Waals surface area (Å²) < 4.78 is 1.41. The molecule has 0 aromatic carbocycles. The van der Waals surface area contributed by atoms with Gasteiger partial charge in [0.1, 0.15) is 6.33 Å². The van der Waals surface area contributed by atoms with Gasteiger partial charge in [0.15, 0.2) is 5.65 Å². The zero-order valence-electron chi connectivity index (χ0n) is 10.1. The summed E-state index contributed by atoms with van der Waals surface area (Å²) in [5.74, 6) is 0. The summed E-state index contributed by atoms with van der Waals surface area (Å²) in [6.45, 7) is 0.251. The average Bonchev–Trinajstić information content (AvgIpc) is 2.91. The number of pyridine rings is 1. The first-order valence-corrected chi connectivity index (χ1v) is 6.55. The highest BCUT2D eigenvalue weighted by molar-refractivity contribution is 7.13. The van der Waals surface area contributed by atoms with Crippen molar-refractivity contribution >= 4 is 27.4 Å². The van der Waals surface area contributed by atoms with Crippen LogP contribution >= 0.6 is 11.3 Å². The van der Waals surface area contributed by atoms with Crippen molar-refractivity contribution in [2.24, 2.45) is 0 Å². The molecule has 0 spiro atoms. The molecule has 3 aromatic rings. The predicted molar refractivity (Wildman–Crippen MR) is 73.9 cm³/mol. The second kappa shape index (κ2) is 4.82. The molecule has 0 aliphatic rings. The first-order chi connectivity index (χ1) is 9.65. The molecular weight excluding hydrogens is 280 g/mol. The van der Waals surface area contributed by atoms with Gasteiger partial charge in [-0.3, -0.25) is 19.5 Å². The minimum Gasteiger partial charge on any atom is -0.294 e. The molecule has 0 atom stereocenters. The van der Waals surface area contributed by atoms with Crippen molar-refractivity contribution < 1.29 is 4.92 Å². The minimum atomic E-state index is -0.445. The fraction of sp³-hybridized carbons (Fsp3) is 0.0833. The Morgan fingerprint density at radius 3 is 3.00 bits per heavy atom. The van der Waals surface area contributed by atoms with Gasteiger partial charge in [-0.1, -0.05) is 11.3 Å². The highest BCUT2D eigenvalue weighted by Crippen LogP contribution is 2.22. The van der Waals surface area contributed by atoms with Crippen molar-refractivity contribution in [3.63, 3.8) is 0 Å². The van der Waals surface area contributed by atoms with E-state index >= 15 is 0 Å². The van der Waals surface area contributed by atoms with Gasteiger partial charge in [0.25, 0.3) is 5.56 Å². The van der Waals surface area contributed by atoms with E-state index in [-0.39, 0.29) is 17.1 Å². The standard InChI is InChI=1S/C12H8N4O3S/c17-12-9-2-1-3-13-11(9)14-7-15(12)5-8-4-10(16(18)19)20-6-8/h1-4,6-7H,5H2. The Hall–Kier alpha value is -2.61. The van der Waals surface area contributed by atoms with Crippen molar-refractivity contribution in [3.05, 3.63) is 62.1 Å². The number of fused-ring (bicyclic) bond motifs is 1. The van der Waals surface area contributed by atoms with Crippen LogP contribution in [0.3, 0.4) is 0 Å². The molecule has 20 heavy (non-hydrogen) atoms.